The maximum atomic E-state index is 6.50. The quantitative estimate of drug-likeness (QED) is 0.0899. The molecule has 5 heteroatoms. The van der Waals surface area contributed by atoms with Crippen molar-refractivity contribution in [1.82, 2.24) is 0 Å². The normalized spacial score (nSPS) is 16.2. The van der Waals surface area contributed by atoms with E-state index in [4.69, 9.17) is 13.0 Å². The molecule has 0 spiro atoms. The zero-order chi connectivity index (χ0) is 25.7. The van der Waals surface area contributed by atoms with Crippen LogP contribution in [0, 0.1) is 5.92 Å². The van der Waals surface area contributed by atoms with Crippen molar-refractivity contribution >= 4 is 17.1 Å². The summed E-state index contributed by atoms with van der Waals surface area (Å²) in [5, 5.41) is 0. The van der Waals surface area contributed by atoms with Gasteiger partial charge in [-0.1, -0.05) is 122 Å². The lowest BCUT2D eigenvalue weighted by Crippen LogP contribution is -2.51. The van der Waals surface area contributed by atoms with Gasteiger partial charge in [-0.3, -0.25) is 0 Å². The third-order valence-corrected chi connectivity index (χ3v) is 12.9. The van der Waals surface area contributed by atoms with E-state index in [1.165, 1.54) is 89.9 Å². The average molecular weight is 513 g/mol. The minimum Gasteiger partial charge on any atom is -0.409 e. The molecule has 0 heterocycles. The van der Waals surface area contributed by atoms with Gasteiger partial charge in [-0.05, 0) is 38.8 Å². The van der Waals surface area contributed by atoms with Gasteiger partial charge in [0.1, 0.15) is 0 Å². The van der Waals surface area contributed by atoms with Crippen LogP contribution in [0.5, 0.6) is 0 Å². The van der Waals surface area contributed by atoms with Crippen LogP contribution in [-0.4, -0.2) is 29.8 Å². The first kappa shape index (κ1) is 33.8. The lowest BCUT2D eigenvalue weighted by Gasteiger charge is -2.35. The molecule has 0 aromatic rings. The first-order chi connectivity index (χ1) is 16.2. The molecule has 0 aromatic heterocycles. The van der Waals surface area contributed by atoms with Gasteiger partial charge in [0.25, 0.3) is 0 Å². The fraction of sp³-hybridized carbons (Fsp3) is 0.862. The zero-order valence-corrected chi connectivity index (χ0v) is 26.0. The summed E-state index contributed by atoms with van der Waals surface area (Å²) in [4.78, 5) is 0. The predicted molar refractivity (Wildman–Crippen MR) is 156 cm³/mol. The molecule has 0 saturated carbocycles. The van der Waals surface area contributed by atoms with Crippen LogP contribution in [-0.2, 0) is 13.0 Å². The first-order valence-corrected chi connectivity index (χ1v) is 19.3. The Hall–Kier alpha value is -0.206. The van der Waals surface area contributed by atoms with E-state index in [1.807, 2.05) is 11.4 Å². The van der Waals surface area contributed by atoms with E-state index >= 15 is 0 Å². The van der Waals surface area contributed by atoms with Gasteiger partial charge >= 0.3 is 17.1 Å². The molecule has 34 heavy (non-hydrogen) atoms. The molecule has 0 saturated heterocycles. The average Bonchev–Trinajstić information content (AvgIpc) is 2.78. The third-order valence-electron chi connectivity index (χ3n) is 6.52. The molecule has 3 nitrogen and oxygen atoms in total. The maximum Gasteiger partial charge on any atom is 0.352 e. The highest BCUT2D eigenvalue weighted by molar-refractivity contribution is 6.84. The molecule has 0 aliphatic rings. The van der Waals surface area contributed by atoms with Crippen LogP contribution < -0.4 is 0 Å². The second-order valence-electron chi connectivity index (χ2n) is 10.9. The van der Waals surface area contributed by atoms with Crippen LogP contribution in [0.1, 0.15) is 130 Å². The number of rotatable bonds is 25. The van der Waals surface area contributed by atoms with Crippen molar-refractivity contribution in [2.24, 2.45) is 5.92 Å². The standard InChI is InChI=1S/C29H60O3Si2/c1-9-12-13-14-15-16-17-18-19-20-21-22-23-24-25-26-30-33(7,10-2)32-34(8,11-3)31-29(6)27-28(4)5/h10-11,28-29H,2-3,9,12-27H2,1,4-8H3. The Morgan fingerprint density at radius 3 is 1.44 bits per heavy atom. The van der Waals surface area contributed by atoms with Crippen molar-refractivity contribution < 1.29 is 13.0 Å². The van der Waals surface area contributed by atoms with Crippen molar-refractivity contribution in [1.29, 1.82) is 0 Å². The van der Waals surface area contributed by atoms with Crippen molar-refractivity contribution in [2.75, 3.05) is 6.61 Å². The third kappa shape index (κ3) is 19.0. The van der Waals surface area contributed by atoms with Crippen molar-refractivity contribution in [3.05, 3.63) is 24.6 Å². The summed E-state index contributed by atoms with van der Waals surface area (Å²) in [5.74, 6) is 0.599. The Balaban J connectivity index is 3.88. The molecular formula is C29H60O3Si2. The smallest absolute Gasteiger partial charge is 0.352 e. The van der Waals surface area contributed by atoms with Crippen LogP contribution in [0.3, 0.4) is 0 Å². The van der Waals surface area contributed by atoms with Gasteiger partial charge in [-0.25, -0.2) is 0 Å². The summed E-state index contributed by atoms with van der Waals surface area (Å²) in [5.41, 5.74) is 3.78. The van der Waals surface area contributed by atoms with E-state index < -0.39 is 17.1 Å². The minimum atomic E-state index is -2.49. The van der Waals surface area contributed by atoms with Crippen molar-refractivity contribution in [2.45, 2.75) is 150 Å². The Labute approximate surface area is 216 Å². The van der Waals surface area contributed by atoms with Gasteiger partial charge in [0.15, 0.2) is 0 Å². The highest BCUT2D eigenvalue weighted by Gasteiger charge is 2.40. The topological polar surface area (TPSA) is 27.7 Å². The van der Waals surface area contributed by atoms with Gasteiger partial charge in [0.05, 0.1) is 0 Å². The van der Waals surface area contributed by atoms with E-state index in [1.54, 1.807) is 0 Å². The second-order valence-corrected chi connectivity index (χ2v) is 17.1. The fourth-order valence-corrected chi connectivity index (χ4v) is 10.5. The van der Waals surface area contributed by atoms with E-state index in [0.717, 1.165) is 19.4 Å². The van der Waals surface area contributed by atoms with Gasteiger partial charge in [0, 0.05) is 12.7 Å². The van der Waals surface area contributed by atoms with Crippen LogP contribution in [0.2, 0.25) is 13.1 Å². The van der Waals surface area contributed by atoms with Crippen LogP contribution in [0.25, 0.3) is 0 Å². The van der Waals surface area contributed by atoms with E-state index in [9.17, 15) is 0 Å². The van der Waals surface area contributed by atoms with Crippen molar-refractivity contribution in [3.63, 3.8) is 0 Å². The summed E-state index contributed by atoms with van der Waals surface area (Å²) in [6.45, 7) is 21.8. The molecular weight excluding hydrogens is 452 g/mol. The molecule has 3 unspecified atom stereocenters. The molecule has 0 aromatic carbocycles. The predicted octanol–water partition coefficient (Wildman–Crippen LogP) is 9.94. The molecule has 202 valence electrons. The molecule has 0 radical (unpaired) electrons. The SMILES string of the molecule is C=C[Si](C)(OCCCCCCCCCCCCCCCCC)O[Si](C)(C=C)OC(C)CC(C)C. The molecule has 0 fully saturated rings. The Morgan fingerprint density at radius 1 is 0.647 bits per heavy atom. The Kier molecular flexibility index (Phi) is 20.8. The summed E-state index contributed by atoms with van der Waals surface area (Å²) < 4.78 is 19.1. The highest BCUT2D eigenvalue weighted by atomic mass is 28.5. The lowest BCUT2D eigenvalue weighted by molar-refractivity contribution is 0.139. The Morgan fingerprint density at radius 2 is 1.06 bits per heavy atom. The monoisotopic (exact) mass is 512 g/mol. The largest absolute Gasteiger partial charge is 0.409 e. The molecule has 0 aliphatic heterocycles. The van der Waals surface area contributed by atoms with Crippen LogP contribution >= 0.6 is 0 Å². The zero-order valence-electron chi connectivity index (χ0n) is 24.0. The highest BCUT2D eigenvalue weighted by Crippen LogP contribution is 2.23. The van der Waals surface area contributed by atoms with E-state index in [-0.39, 0.29) is 6.10 Å². The van der Waals surface area contributed by atoms with Crippen LogP contribution in [0.15, 0.2) is 24.6 Å². The minimum absolute atomic E-state index is 0.160. The van der Waals surface area contributed by atoms with E-state index in [2.05, 4.69) is 53.9 Å². The maximum absolute atomic E-state index is 6.50. The van der Waals surface area contributed by atoms with Crippen molar-refractivity contribution in [3.8, 4) is 0 Å². The van der Waals surface area contributed by atoms with Gasteiger partial charge < -0.3 is 13.0 Å². The molecule has 0 N–H and O–H groups in total. The molecule has 0 amide bonds. The molecule has 0 aliphatic carbocycles. The van der Waals surface area contributed by atoms with Gasteiger partial charge in [0.2, 0.25) is 0 Å². The lowest BCUT2D eigenvalue weighted by atomic mass is 10.0. The van der Waals surface area contributed by atoms with E-state index in [0.29, 0.717) is 5.92 Å². The summed E-state index contributed by atoms with van der Waals surface area (Å²) in [6, 6.07) is 0. The van der Waals surface area contributed by atoms with Gasteiger partial charge in [-0.2, -0.15) is 0 Å². The fourth-order valence-electron chi connectivity index (χ4n) is 4.51. The number of hydrogen-bond acceptors (Lipinski definition) is 3. The first-order valence-electron chi connectivity index (χ1n) is 14.5. The Bertz CT molecular complexity index is 500. The number of hydrogen-bond donors (Lipinski definition) is 0. The van der Waals surface area contributed by atoms with Gasteiger partial charge in [-0.15, -0.1) is 13.2 Å². The second kappa shape index (κ2) is 20.9. The molecule has 0 rings (SSSR count). The summed E-state index contributed by atoms with van der Waals surface area (Å²) in [6.07, 6.45) is 21.8. The summed E-state index contributed by atoms with van der Waals surface area (Å²) >= 11 is 0. The number of unbranched alkanes of at least 4 members (excludes halogenated alkanes) is 14. The molecule has 3 atom stereocenters. The van der Waals surface area contributed by atoms with Crippen LogP contribution in [0.4, 0.5) is 0 Å². The molecule has 0 bridgehead atoms. The summed E-state index contributed by atoms with van der Waals surface area (Å²) in [7, 11) is -4.96.